The quantitative estimate of drug-likeness (QED) is 0.423. The van der Waals surface area contributed by atoms with Gasteiger partial charge in [0, 0.05) is 37.5 Å². The van der Waals surface area contributed by atoms with E-state index in [4.69, 9.17) is 0 Å². The number of fused-ring (bicyclic) bond motifs is 1. The molecule has 5 rings (SSSR count). The van der Waals surface area contributed by atoms with E-state index < -0.39 is 11.8 Å². The zero-order valence-electron chi connectivity index (χ0n) is 19.4. The average molecular weight is 468 g/mol. The number of hydrogen-bond donors (Lipinski definition) is 4. The van der Waals surface area contributed by atoms with Gasteiger partial charge in [-0.1, -0.05) is 6.58 Å². The minimum Gasteiger partial charge on any atom is -0.390 e. The maximum atomic E-state index is 13.4. The standard InChI is InChI=1S/C24H30FN7O2/c1-14(28-19-11-17(19)25)16-13-27-32-21(26-3)12-20(30-22(16)32)29-18-5-4-10-31(23(18)33)15-6-8-24(2,34)9-7-15/h4-5,10,12-13,15,17,19,26,28,34H,1,6-9,11H2,2-3H3,(H,29,30)/t15?,17-,19+,24?/m1/s1. The van der Waals surface area contributed by atoms with E-state index in [0.29, 0.717) is 53.5 Å². The third kappa shape index (κ3) is 4.25. The first-order chi connectivity index (χ1) is 16.3. The van der Waals surface area contributed by atoms with Crippen molar-refractivity contribution in [3.05, 3.63) is 53.1 Å². The molecule has 0 amide bonds. The third-order valence-electron chi connectivity index (χ3n) is 6.79. The predicted octanol–water partition coefficient (Wildman–Crippen LogP) is 3.21. The molecule has 0 saturated heterocycles. The van der Waals surface area contributed by atoms with Crippen molar-refractivity contribution in [1.29, 1.82) is 0 Å². The van der Waals surface area contributed by atoms with Gasteiger partial charge >= 0.3 is 0 Å². The summed E-state index contributed by atoms with van der Waals surface area (Å²) in [6.45, 7) is 5.88. The first-order valence-electron chi connectivity index (χ1n) is 11.6. The largest absolute Gasteiger partial charge is 0.390 e. The normalized spacial score (nSPS) is 26.3. The van der Waals surface area contributed by atoms with Crippen molar-refractivity contribution in [2.24, 2.45) is 0 Å². The van der Waals surface area contributed by atoms with Crippen molar-refractivity contribution in [3.8, 4) is 0 Å². The Kier molecular flexibility index (Phi) is 5.55. The van der Waals surface area contributed by atoms with Gasteiger partial charge in [-0.05, 0) is 44.7 Å². The third-order valence-corrected chi connectivity index (χ3v) is 6.79. The number of alkyl halides is 1. The van der Waals surface area contributed by atoms with Crippen LogP contribution in [-0.4, -0.2) is 49.1 Å². The highest BCUT2D eigenvalue weighted by molar-refractivity contribution is 5.76. The second-order valence-corrected chi connectivity index (χ2v) is 9.54. The highest BCUT2D eigenvalue weighted by Gasteiger charge is 2.38. The van der Waals surface area contributed by atoms with Crippen LogP contribution >= 0.6 is 0 Å². The summed E-state index contributed by atoms with van der Waals surface area (Å²) >= 11 is 0. The molecule has 0 aromatic carbocycles. The average Bonchev–Trinajstić information content (AvgIpc) is 3.32. The summed E-state index contributed by atoms with van der Waals surface area (Å²) in [5.74, 6) is 1.15. The SMILES string of the molecule is C=C(N[C@H]1C[C@H]1F)c1cnn2c(NC)cc(Nc3cccn(C4CCC(C)(O)CC4)c3=O)nc12. The number of hydrogen-bond acceptors (Lipinski definition) is 7. The summed E-state index contributed by atoms with van der Waals surface area (Å²) in [5.41, 5.74) is 1.37. The van der Waals surface area contributed by atoms with Gasteiger partial charge in [0.25, 0.3) is 5.56 Å². The van der Waals surface area contributed by atoms with Crippen LogP contribution in [0.2, 0.25) is 0 Å². The summed E-state index contributed by atoms with van der Waals surface area (Å²) in [6.07, 6.45) is 5.89. The highest BCUT2D eigenvalue weighted by Crippen LogP contribution is 2.34. The lowest BCUT2D eigenvalue weighted by molar-refractivity contribution is 0.00956. The summed E-state index contributed by atoms with van der Waals surface area (Å²) in [7, 11) is 1.78. The van der Waals surface area contributed by atoms with Crippen LogP contribution in [0.4, 0.5) is 21.7 Å². The molecular formula is C24H30FN7O2. The molecule has 3 aromatic rings. The molecule has 0 spiro atoms. The molecule has 2 fully saturated rings. The van der Waals surface area contributed by atoms with Gasteiger partial charge in [-0.25, -0.2) is 9.37 Å². The minimum atomic E-state index is -0.854. The van der Waals surface area contributed by atoms with Crippen molar-refractivity contribution in [2.75, 3.05) is 17.7 Å². The van der Waals surface area contributed by atoms with Crippen LogP contribution in [0.25, 0.3) is 11.3 Å². The number of halogens is 1. The monoisotopic (exact) mass is 467 g/mol. The summed E-state index contributed by atoms with van der Waals surface area (Å²) in [4.78, 5) is 17.9. The van der Waals surface area contributed by atoms with Crippen LogP contribution in [0.5, 0.6) is 0 Å². The fourth-order valence-corrected chi connectivity index (χ4v) is 4.57. The van der Waals surface area contributed by atoms with Crippen LogP contribution in [0.1, 0.15) is 50.6 Å². The van der Waals surface area contributed by atoms with Gasteiger partial charge in [0.2, 0.25) is 0 Å². The minimum absolute atomic E-state index is 0.0513. The Morgan fingerprint density at radius 3 is 2.76 bits per heavy atom. The van der Waals surface area contributed by atoms with Crippen molar-refractivity contribution in [1.82, 2.24) is 24.5 Å². The molecule has 3 heterocycles. The van der Waals surface area contributed by atoms with E-state index in [1.165, 1.54) is 0 Å². The Morgan fingerprint density at radius 2 is 2.09 bits per heavy atom. The molecule has 10 heteroatoms. The molecule has 2 saturated carbocycles. The maximum absolute atomic E-state index is 13.4. The van der Waals surface area contributed by atoms with E-state index in [2.05, 4.69) is 32.6 Å². The Hall–Kier alpha value is -3.40. The molecule has 9 nitrogen and oxygen atoms in total. The van der Waals surface area contributed by atoms with Crippen molar-refractivity contribution < 1.29 is 9.50 Å². The van der Waals surface area contributed by atoms with Gasteiger partial charge in [-0.3, -0.25) is 4.79 Å². The van der Waals surface area contributed by atoms with Crippen molar-refractivity contribution >= 4 is 28.7 Å². The Labute approximate surface area is 196 Å². The molecule has 3 aromatic heterocycles. The number of nitrogens with one attached hydrogen (secondary N) is 3. The fourth-order valence-electron chi connectivity index (χ4n) is 4.57. The Bertz CT molecular complexity index is 1290. The van der Waals surface area contributed by atoms with Gasteiger partial charge in [-0.15, -0.1) is 0 Å². The molecule has 2 aliphatic carbocycles. The summed E-state index contributed by atoms with van der Waals surface area (Å²) in [6, 6.07) is 5.17. The van der Waals surface area contributed by atoms with Gasteiger partial charge < -0.3 is 25.6 Å². The molecule has 180 valence electrons. The number of aromatic nitrogens is 4. The lowest BCUT2D eigenvalue weighted by Gasteiger charge is -2.34. The molecule has 4 N–H and O–H groups in total. The van der Waals surface area contributed by atoms with E-state index in [1.54, 1.807) is 40.7 Å². The topological polar surface area (TPSA) is 109 Å². The highest BCUT2D eigenvalue weighted by atomic mass is 19.1. The van der Waals surface area contributed by atoms with Gasteiger partial charge in [0.1, 0.15) is 23.5 Å². The summed E-state index contributed by atoms with van der Waals surface area (Å²) in [5, 5.41) is 24.0. The zero-order chi connectivity index (χ0) is 24.0. The lowest BCUT2D eigenvalue weighted by atomic mass is 9.83. The van der Waals surface area contributed by atoms with Crippen LogP contribution in [-0.2, 0) is 0 Å². The lowest BCUT2D eigenvalue weighted by Crippen LogP contribution is -2.35. The van der Waals surface area contributed by atoms with Crippen LogP contribution in [0.15, 0.2) is 42.0 Å². The van der Waals surface area contributed by atoms with Crippen LogP contribution < -0.4 is 21.5 Å². The number of nitrogens with zero attached hydrogens (tertiary/aromatic N) is 4. The fraction of sp³-hybridized carbons (Fsp3) is 0.458. The Balaban J connectivity index is 1.44. The van der Waals surface area contributed by atoms with Gasteiger partial charge in [0.15, 0.2) is 5.65 Å². The molecule has 0 unspecified atom stereocenters. The second-order valence-electron chi connectivity index (χ2n) is 9.54. The Morgan fingerprint density at radius 1 is 1.35 bits per heavy atom. The van der Waals surface area contributed by atoms with E-state index in [9.17, 15) is 14.3 Å². The van der Waals surface area contributed by atoms with E-state index in [1.807, 2.05) is 13.0 Å². The summed E-state index contributed by atoms with van der Waals surface area (Å²) < 4.78 is 16.7. The van der Waals surface area contributed by atoms with Crippen molar-refractivity contribution in [3.63, 3.8) is 0 Å². The van der Waals surface area contributed by atoms with Crippen molar-refractivity contribution in [2.45, 2.75) is 62.9 Å². The first kappa shape index (κ1) is 22.4. The maximum Gasteiger partial charge on any atom is 0.274 e. The second kappa shape index (κ2) is 8.43. The first-order valence-corrected chi connectivity index (χ1v) is 11.6. The zero-order valence-corrected chi connectivity index (χ0v) is 19.4. The molecule has 34 heavy (non-hydrogen) atoms. The number of aliphatic hydroxyl groups is 1. The molecule has 0 aliphatic heterocycles. The molecule has 2 atom stereocenters. The molecule has 0 radical (unpaired) electrons. The molecule has 0 bridgehead atoms. The van der Waals surface area contributed by atoms with E-state index in [0.717, 1.165) is 12.8 Å². The molecule has 2 aliphatic rings. The van der Waals surface area contributed by atoms with Crippen LogP contribution in [0, 0.1) is 0 Å². The van der Waals surface area contributed by atoms with Gasteiger partial charge in [0.05, 0.1) is 23.4 Å². The molecular weight excluding hydrogens is 437 g/mol. The number of rotatable bonds is 7. The number of pyridine rings is 1. The predicted molar refractivity (Wildman–Crippen MR) is 130 cm³/mol. The number of anilines is 3. The van der Waals surface area contributed by atoms with E-state index >= 15 is 0 Å². The van der Waals surface area contributed by atoms with Crippen LogP contribution in [0.3, 0.4) is 0 Å². The smallest absolute Gasteiger partial charge is 0.274 e. The van der Waals surface area contributed by atoms with Gasteiger partial charge in [-0.2, -0.15) is 9.61 Å². The van der Waals surface area contributed by atoms with E-state index in [-0.39, 0.29) is 17.6 Å².